The first-order valence-corrected chi connectivity index (χ1v) is 9.30. The number of anilines is 1. The summed E-state index contributed by atoms with van der Waals surface area (Å²) in [6.07, 6.45) is 3.99. The molecular weight excluding hydrogens is 322 g/mol. The zero-order valence-corrected chi connectivity index (χ0v) is 15.1. The highest BCUT2D eigenvalue weighted by Crippen LogP contribution is 2.24. The molecule has 0 amide bonds. The fourth-order valence-electron chi connectivity index (χ4n) is 2.92. The van der Waals surface area contributed by atoms with E-state index in [4.69, 9.17) is 0 Å². The molecule has 0 atom stereocenters. The molecule has 0 bridgehead atoms. The van der Waals surface area contributed by atoms with Crippen LogP contribution in [0.15, 0.2) is 28.8 Å². The second-order valence-electron chi connectivity index (χ2n) is 5.82. The Bertz CT molecular complexity index is 641. The van der Waals surface area contributed by atoms with Crippen molar-refractivity contribution in [2.24, 2.45) is 4.99 Å². The third kappa shape index (κ3) is 4.05. The summed E-state index contributed by atoms with van der Waals surface area (Å²) < 4.78 is 2.03. The molecule has 1 aliphatic rings. The number of guanidine groups is 1. The number of hydrogen-bond donors (Lipinski definition) is 2. The van der Waals surface area contributed by atoms with Gasteiger partial charge in [-0.15, -0.1) is 21.5 Å². The van der Waals surface area contributed by atoms with Crippen molar-refractivity contribution in [1.29, 1.82) is 0 Å². The number of piperidine rings is 1. The average molecular weight is 347 g/mol. The molecular formula is C16H25N7S. The van der Waals surface area contributed by atoms with Gasteiger partial charge in [0.1, 0.15) is 6.33 Å². The van der Waals surface area contributed by atoms with Gasteiger partial charge in [0.2, 0.25) is 0 Å². The lowest BCUT2D eigenvalue weighted by atomic mass is 10.1. The van der Waals surface area contributed by atoms with E-state index in [0.717, 1.165) is 44.3 Å². The van der Waals surface area contributed by atoms with Crippen molar-refractivity contribution in [3.63, 3.8) is 0 Å². The van der Waals surface area contributed by atoms with Crippen molar-refractivity contribution in [1.82, 2.24) is 25.4 Å². The van der Waals surface area contributed by atoms with Crippen LogP contribution in [0.3, 0.4) is 0 Å². The van der Waals surface area contributed by atoms with E-state index in [9.17, 15) is 0 Å². The second-order valence-corrected chi connectivity index (χ2v) is 6.74. The maximum absolute atomic E-state index is 4.33. The first kappa shape index (κ1) is 16.8. The molecule has 0 aromatic carbocycles. The van der Waals surface area contributed by atoms with Gasteiger partial charge in [-0.25, -0.2) is 0 Å². The molecule has 1 fully saturated rings. The molecule has 8 heteroatoms. The number of thiophene rings is 1. The Morgan fingerprint density at radius 2 is 2.25 bits per heavy atom. The molecule has 0 spiro atoms. The summed E-state index contributed by atoms with van der Waals surface area (Å²) in [4.78, 5) is 6.79. The minimum Gasteiger partial charge on any atom is -0.363 e. The molecule has 3 rings (SSSR count). The van der Waals surface area contributed by atoms with Crippen molar-refractivity contribution in [3.05, 3.63) is 29.7 Å². The number of nitrogens with zero attached hydrogens (tertiary/aromatic N) is 5. The maximum Gasteiger partial charge on any atom is 0.191 e. The molecule has 2 aromatic rings. The Morgan fingerprint density at radius 1 is 1.42 bits per heavy atom. The Balaban J connectivity index is 1.46. The summed E-state index contributed by atoms with van der Waals surface area (Å²) >= 11 is 1.81. The van der Waals surface area contributed by atoms with E-state index in [1.807, 2.05) is 15.9 Å². The summed E-state index contributed by atoms with van der Waals surface area (Å²) in [6.45, 7) is 5.75. The van der Waals surface area contributed by atoms with Gasteiger partial charge in [-0.05, 0) is 37.3 Å². The molecule has 0 saturated carbocycles. The smallest absolute Gasteiger partial charge is 0.191 e. The summed E-state index contributed by atoms with van der Waals surface area (Å²) in [6, 6.07) is 4.77. The predicted octanol–water partition coefficient (Wildman–Crippen LogP) is 1.69. The van der Waals surface area contributed by atoms with Crippen molar-refractivity contribution >= 4 is 22.3 Å². The van der Waals surface area contributed by atoms with Gasteiger partial charge < -0.3 is 20.1 Å². The zero-order valence-electron chi connectivity index (χ0n) is 14.3. The van der Waals surface area contributed by atoms with Crippen molar-refractivity contribution in [2.75, 3.05) is 25.0 Å². The third-order valence-corrected chi connectivity index (χ3v) is 5.26. The van der Waals surface area contributed by atoms with E-state index < -0.39 is 0 Å². The van der Waals surface area contributed by atoms with Crippen LogP contribution in [0.1, 0.15) is 25.6 Å². The predicted molar refractivity (Wildman–Crippen MR) is 98.6 cm³/mol. The molecule has 1 aliphatic heterocycles. The van der Waals surface area contributed by atoms with Crippen LogP contribution in [0.5, 0.6) is 0 Å². The summed E-state index contributed by atoms with van der Waals surface area (Å²) in [5, 5.41) is 18.5. The normalized spacial score (nSPS) is 16.4. The van der Waals surface area contributed by atoms with Gasteiger partial charge in [0.05, 0.1) is 11.5 Å². The van der Waals surface area contributed by atoms with Crippen LogP contribution in [0.4, 0.5) is 5.00 Å². The number of hydrogen-bond acceptors (Lipinski definition) is 5. The SMILES string of the molecule is CCn1cnnc1CNC(=NC)NC1CCN(c2cccs2)CC1. The van der Waals surface area contributed by atoms with Gasteiger partial charge in [-0.2, -0.15) is 0 Å². The summed E-state index contributed by atoms with van der Waals surface area (Å²) in [5.41, 5.74) is 0. The van der Waals surface area contributed by atoms with Crippen LogP contribution in [-0.4, -0.2) is 46.9 Å². The van der Waals surface area contributed by atoms with E-state index in [1.165, 1.54) is 5.00 Å². The van der Waals surface area contributed by atoms with Gasteiger partial charge in [-0.1, -0.05) is 0 Å². The molecule has 1 saturated heterocycles. The number of aryl methyl sites for hydroxylation is 1. The van der Waals surface area contributed by atoms with Crippen LogP contribution >= 0.6 is 11.3 Å². The van der Waals surface area contributed by atoms with E-state index in [2.05, 4.69) is 55.2 Å². The highest BCUT2D eigenvalue weighted by Gasteiger charge is 2.20. The Morgan fingerprint density at radius 3 is 2.92 bits per heavy atom. The number of aliphatic imine (C=N–C) groups is 1. The molecule has 2 N–H and O–H groups in total. The lowest BCUT2D eigenvalue weighted by Crippen LogP contribution is -2.48. The van der Waals surface area contributed by atoms with E-state index >= 15 is 0 Å². The minimum absolute atomic E-state index is 0.455. The molecule has 0 aliphatic carbocycles. The van der Waals surface area contributed by atoms with Crippen molar-refractivity contribution in [2.45, 2.75) is 38.9 Å². The van der Waals surface area contributed by atoms with Gasteiger partial charge in [-0.3, -0.25) is 4.99 Å². The molecule has 7 nitrogen and oxygen atoms in total. The molecule has 24 heavy (non-hydrogen) atoms. The largest absolute Gasteiger partial charge is 0.363 e. The molecule has 2 aromatic heterocycles. The van der Waals surface area contributed by atoms with Gasteiger partial charge in [0.15, 0.2) is 11.8 Å². The first-order chi connectivity index (χ1) is 11.8. The van der Waals surface area contributed by atoms with Crippen LogP contribution in [0.25, 0.3) is 0 Å². The van der Waals surface area contributed by atoms with Crippen molar-refractivity contribution in [3.8, 4) is 0 Å². The van der Waals surface area contributed by atoms with Crippen LogP contribution in [-0.2, 0) is 13.1 Å². The Hall–Kier alpha value is -2.09. The van der Waals surface area contributed by atoms with Gasteiger partial charge >= 0.3 is 0 Å². The van der Waals surface area contributed by atoms with Crippen LogP contribution in [0.2, 0.25) is 0 Å². The molecule has 3 heterocycles. The van der Waals surface area contributed by atoms with Crippen LogP contribution in [0, 0.1) is 0 Å². The van der Waals surface area contributed by atoms with Gasteiger partial charge in [0, 0.05) is 32.7 Å². The lowest BCUT2D eigenvalue weighted by Gasteiger charge is -2.33. The highest BCUT2D eigenvalue weighted by atomic mass is 32.1. The monoisotopic (exact) mass is 347 g/mol. The van der Waals surface area contributed by atoms with E-state index in [1.54, 1.807) is 13.4 Å². The quantitative estimate of drug-likeness (QED) is 0.636. The first-order valence-electron chi connectivity index (χ1n) is 8.42. The Kier molecular flexibility index (Phi) is 5.68. The Labute approximate surface area is 146 Å². The molecule has 0 radical (unpaired) electrons. The van der Waals surface area contributed by atoms with Gasteiger partial charge in [0.25, 0.3) is 0 Å². The summed E-state index contributed by atoms with van der Waals surface area (Å²) in [5.74, 6) is 1.75. The topological polar surface area (TPSA) is 70.4 Å². The third-order valence-electron chi connectivity index (χ3n) is 4.33. The minimum atomic E-state index is 0.455. The van der Waals surface area contributed by atoms with Crippen LogP contribution < -0.4 is 15.5 Å². The fourth-order valence-corrected chi connectivity index (χ4v) is 3.71. The maximum atomic E-state index is 4.33. The molecule has 0 unspecified atom stereocenters. The number of aromatic nitrogens is 3. The van der Waals surface area contributed by atoms with Crippen molar-refractivity contribution < 1.29 is 0 Å². The number of rotatable bonds is 5. The zero-order chi connectivity index (χ0) is 16.8. The number of nitrogens with one attached hydrogen (secondary N) is 2. The van der Waals surface area contributed by atoms with E-state index in [-0.39, 0.29) is 0 Å². The lowest BCUT2D eigenvalue weighted by molar-refractivity contribution is 0.462. The standard InChI is InChI=1S/C16H25N7S/c1-3-22-12-19-21-14(22)11-18-16(17-2)20-13-6-8-23(9-7-13)15-5-4-10-24-15/h4-5,10,12-13H,3,6-9,11H2,1-2H3,(H2,17,18,20). The second kappa shape index (κ2) is 8.14. The average Bonchev–Trinajstić information content (AvgIpc) is 3.30. The molecule has 130 valence electrons. The fraction of sp³-hybridized carbons (Fsp3) is 0.562. The highest BCUT2D eigenvalue weighted by molar-refractivity contribution is 7.14. The van der Waals surface area contributed by atoms with E-state index in [0.29, 0.717) is 12.6 Å². The summed E-state index contributed by atoms with van der Waals surface area (Å²) in [7, 11) is 1.81.